The highest BCUT2D eigenvalue weighted by Gasteiger charge is 2.63. The van der Waals surface area contributed by atoms with Gasteiger partial charge in [-0.2, -0.15) is 0 Å². The fraction of sp³-hybridized carbons (Fsp3) is 0.682. The van der Waals surface area contributed by atoms with Crippen LogP contribution in [0, 0.1) is 11.3 Å². The Morgan fingerprint density at radius 2 is 2.07 bits per heavy atom. The Morgan fingerprint density at radius 3 is 2.67 bits per heavy atom. The molecule has 2 aliphatic carbocycles. The molecular formula is C22H33N3O2. The highest BCUT2D eigenvalue weighted by Crippen LogP contribution is 2.61. The number of aryl methyl sites for hydroxylation is 1. The molecule has 5 heteroatoms. The summed E-state index contributed by atoms with van der Waals surface area (Å²) in [5.74, 6) is 1.18. The molecule has 1 aromatic rings. The van der Waals surface area contributed by atoms with E-state index in [4.69, 9.17) is 20.3 Å². The van der Waals surface area contributed by atoms with E-state index in [1.807, 2.05) is 14.2 Å². The number of fused-ring (bicyclic) bond motifs is 3. The normalized spacial score (nSPS) is 32.6. The van der Waals surface area contributed by atoms with Crippen LogP contribution < -0.4 is 5.73 Å². The minimum atomic E-state index is -0.673. The van der Waals surface area contributed by atoms with E-state index in [1.54, 1.807) is 5.06 Å². The number of rotatable bonds is 4. The smallest absolute Gasteiger partial charge is 0.220 e. The zero-order valence-electron chi connectivity index (χ0n) is 17.1. The molecule has 1 aromatic carbocycles. The number of methoxy groups -OCH3 is 1. The molecule has 2 N–H and O–H groups in total. The standard InChI is InChI=1S/C22H33N3O2/c1-15(2)5-6-16-7-8-17-14-21(11-9-18(26-4)10-12-21)22(19(17)13-16)24-20(23)25(3)27-22/h7-8,13,15,18H,5-6,9-12,14H2,1-4H3,(H2,23,24)/t18-,21-,22?. The van der Waals surface area contributed by atoms with E-state index in [9.17, 15) is 0 Å². The predicted octanol–water partition coefficient (Wildman–Crippen LogP) is 3.75. The number of guanidine groups is 1. The molecule has 2 spiro atoms. The number of hydrogen-bond donors (Lipinski definition) is 1. The van der Waals surface area contributed by atoms with Crippen LogP contribution in [0.4, 0.5) is 0 Å². The van der Waals surface area contributed by atoms with Crippen molar-refractivity contribution in [1.82, 2.24) is 5.06 Å². The van der Waals surface area contributed by atoms with E-state index in [1.165, 1.54) is 23.1 Å². The van der Waals surface area contributed by atoms with Gasteiger partial charge >= 0.3 is 0 Å². The van der Waals surface area contributed by atoms with Crippen LogP contribution in [0.25, 0.3) is 0 Å². The van der Waals surface area contributed by atoms with Gasteiger partial charge in [-0.3, -0.25) is 0 Å². The molecule has 0 aromatic heterocycles. The molecule has 1 heterocycles. The molecule has 27 heavy (non-hydrogen) atoms. The molecule has 148 valence electrons. The summed E-state index contributed by atoms with van der Waals surface area (Å²) in [4.78, 5) is 11.4. The van der Waals surface area contributed by atoms with Gasteiger partial charge < -0.3 is 10.5 Å². The van der Waals surface area contributed by atoms with E-state index in [0.717, 1.165) is 38.5 Å². The SMILES string of the molecule is CO[C@H]1CC[C@]2(CC1)Cc1ccc(CCC(C)C)cc1C21N=C(N)N(C)O1. The minimum absolute atomic E-state index is 0.0313. The van der Waals surface area contributed by atoms with Crippen molar-refractivity contribution in [3.63, 3.8) is 0 Å². The molecule has 0 saturated heterocycles. The molecule has 1 unspecified atom stereocenters. The van der Waals surface area contributed by atoms with Gasteiger partial charge in [0, 0.05) is 25.1 Å². The van der Waals surface area contributed by atoms with Gasteiger partial charge in [-0.05, 0) is 62.0 Å². The summed E-state index contributed by atoms with van der Waals surface area (Å²) in [6, 6.07) is 6.93. The molecule has 0 bridgehead atoms. The van der Waals surface area contributed by atoms with Crippen molar-refractivity contribution in [1.29, 1.82) is 0 Å². The van der Waals surface area contributed by atoms with Crippen LogP contribution in [-0.2, 0) is 28.1 Å². The van der Waals surface area contributed by atoms with Crippen LogP contribution in [0.2, 0.25) is 0 Å². The van der Waals surface area contributed by atoms with Gasteiger partial charge in [-0.25, -0.2) is 14.9 Å². The third-order valence-electron chi connectivity index (χ3n) is 6.88. The number of hydroxylamine groups is 2. The molecule has 1 aliphatic heterocycles. The summed E-state index contributed by atoms with van der Waals surface area (Å²) in [6.45, 7) is 4.55. The number of nitrogens with two attached hydrogens (primary N) is 1. The zero-order valence-corrected chi connectivity index (χ0v) is 17.1. The van der Waals surface area contributed by atoms with Crippen LogP contribution in [0.3, 0.4) is 0 Å². The lowest BCUT2D eigenvalue weighted by atomic mass is 9.66. The zero-order chi connectivity index (χ0) is 19.2. The summed E-state index contributed by atoms with van der Waals surface area (Å²) in [5.41, 5.74) is 9.46. The van der Waals surface area contributed by atoms with Crippen molar-refractivity contribution < 1.29 is 9.57 Å². The highest BCUT2D eigenvalue weighted by atomic mass is 16.7. The first kappa shape index (κ1) is 18.8. The Hall–Kier alpha value is -1.59. The van der Waals surface area contributed by atoms with Crippen LogP contribution in [-0.4, -0.2) is 31.3 Å². The van der Waals surface area contributed by atoms with Gasteiger partial charge in [0.05, 0.1) is 6.10 Å². The van der Waals surface area contributed by atoms with Crippen LogP contribution in [0.1, 0.15) is 62.6 Å². The lowest BCUT2D eigenvalue weighted by Crippen LogP contribution is -2.46. The number of nitrogens with zero attached hydrogens (tertiary/aromatic N) is 2. The van der Waals surface area contributed by atoms with Crippen molar-refractivity contribution in [2.24, 2.45) is 22.1 Å². The van der Waals surface area contributed by atoms with E-state index in [-0.39, 0.29) is 5.41 Å². The summed E-state index contributed by atoms with van der Waals surface area (Å²) in [6.07, 6.45) is 7.84. The molecule has 1 saturated carbocycles. The third kappa shape index (κ3) is 2.95. The van der Waals surface area contributed by atoms with Crippen LogP contribution in [0.15, 0.2) is 23.2 Å². The molecule has 5 nitrogen and oxygen atoms in total. The number of aliphatic imine (C=N–C) groups is 1. The Labute approximate surface area is 162 Å². The first-order valence-electron chi connectivity index (χ1n) is 10.3. The van der Waals surface area contributed by atoms with Crippen molar-refractivity contribution in [2.75, 3.05) is 14.2 Å². The molecule has 3 aliphatic rings. The fourth-order valence-corrected chi connectivity index (χ4v) is 5.19. The largest absolute Gasteiger partial charge is 0.381 e. The topological polar surface area (TPSA) is 60.1 Å². The summed E-state index contributed by atoms with van der Waals surface area (Å²) in [5, 5.41) is 1.65. The first-order chi connectivity index (χ1) is 12.9. The Morgan fingerprint density at radius 1 is 1.33 bits per heavy atom. The molecule has 0 amide bonds. The van der Waals surface area contributed by atoms with E-state index < -0.39 is 5.72 Å². The maximum absolute atomic E-state index is 6.46. The molecule has 0 radical (unpaired) electrons. The van der Waals surface area contributed by atoms with E-state index in [2.05, 4.69) is 32.0 Å². The summed E-state index contributed by atoms with van der Waals surface area (Å²) in [7, 11) is 3.68. The quantitative estimate of drug-likeness (QED) is 0.876. The fourth-order valence-electron chi connectivity index (χ4n) is 5.19. The van der Waals surface area contributed by atoms with Crippen molar-refractivity contribution in [2.45, 2.75) is 70.6 Å². The predicted molar refractivity (Wildman–Crippen MR) is 107 cm³/mol. The second kappa shape index (κ2) is 6.78. The van der Waals surface area contributed by atoms with E-state index >= 15 is 0 Å². The molecule has 4 rings (SSSR count). The minimum Gasteiger partial charge on any atom is -0.381 e. The van der Waals surface area contributed by atoms with Crippen LogP contribution in [0.5, 0.6) is 0 Å². The van der Waals surface area contributed by atoms with Crippen molar-refractivity contribution >= 4 is 5.96 Å². The number of benzene rings is 1. The van der Waals surface area contributed by atoms with Crippen molar-refractivity contribution in [3.05, 3.63) is 34.9 Å². The Balaban J connectivity index is 1.73. The molecule has 1 fully saturated rings. The van der Waals surface area contributed by atoms with Crippen molar-refractivity contribution in [3.8, 4) is 0 Å². The third-order valence-corrected chi connectivity index (χ3v) is 6.88. The Bertz CT molecular complexity index is 737. The first-order valence-corrected chi connectivity index (χ1v) is 10.3. The number of hydrogen-bond acceptors (Lipinski definition) is 5. The van der Waals surface area contributed by atoms with E-state index in [0.29, 0.717) is 18.0 Å². The maximum atomic E-state index is 6.46. The molecular weight excluding hydrogens is 338 g/mol. The van der Waals surface area contributed by atoms with Gasteiger partial charge in [0.1, 0.15) is 0 Å². The average Bonchev–Trinajstić information content (AvgIpc) is 3.09. The highest BCUT2D eigenvalue weighted by molar-refractivity contribution is 5.79. The maximum Gasteiger partial charge on any atom is 0.220 e. The van der Waals surface area contributed by atoms with Gasteiger partial charge in [0.25, 0.3) is 0 Å². The summed E-state index contributed by atoms with van der Waals surface area (Å²) < 4.78 is 5.63. The lowest BCUT2D eigenvalue weighted by Gasteiger charge is -2.45. The lowest BCUT2D eigenvalue weighted by molar-refractivity contribution is -0.232. The summed E-state index contributed by atoms with van der Waals surface area (Å²) >= 11 is 0. The second-order valence-electron chi connectivity index (χ2n) is 9.02. The monoisotopic (exact) mass is 371 g/mol. The van der Waals surface area contributed by atoms with Gasteiger partial charge in [0.15, 0.2) is 0 Å². The van der Waals surface area contributed by atoms with Gasteiger partial charge in [0.2, 0.25) is 11.7 Å². The average molecular weight is 372 g/mol. The van der Waals surface area contributed by atoms with Gasteiger partial charge in [-0.1, -0.05) is 32.0 Å². The van der Waals surface area contributed by atoms with Crippen LogP contribution >= 0.6 is 0 Å². The van der Waals surface area contributed by atoms with Gasteiger partial charge in [-0.15, -0.1) is 0 Å². The Kier molecular flexibility index (Phi) is 4.71. The number of ether oxygens (including phenoxy) is 1. The molecule has 1 atom stereocenters. The second-order valence-corrected chi connectivity index (χ2v) is 9.02.